The van der Waals surface area contributed by atoms with Crippen LogP contribution in [0.1, 0.15) is 34.1 Å². The molecule has 0 fully saturated rings. The molecular weight excluding hydrogens is 164 g/mol. The van der Waals surface area contributed by atoms with Gasteiger partial charge in [-0.2, -0.15) is 0 Å². The molecule has 74 valence electrons. The van der Waals surface area contributed by atoms with Crippen LogP contribution in [0.5, 0.6) is 0 Å². The summed E-state index contributed by atoms with van der Waals surface area (Å²) < 4.78 is 0. The lowest BCUT2D eigenvalue weighted by Gasteiger charge is -2.37. The van der Waals surface area contributed by atoms with Crippen molar-refractivity contribution in [1.82, 2.24) is 10.6 Å². The first-order valence-corrected chi connectivity index (χ1v) is 6.10. The van der Waals surface area contributed by atoms with E-state index < -0.39 is 0 Å². The first kappa shape index (κ1) is 12.1. The Morgan fingerprint density at radius 2 is 1.58 bits per heavy atom. The number of hydrogen-bond donors (Lipinski definition) is 2. The van der Waals surface area contributed by atoms with Crippen LogP contribution in [0.2, 0.25) is 0 Å². The lowest BCUT2D eigenvalue weighted by molar-refractivity contribution is 0.270. The smallest absolute Gasteiger partial charge is 0.0497 e. The zero-order chi connectivity index (χ0) is 9.61. The van der Waals surface area contributed by atoms with Crippen LogP contribution in [-0.2, 0) is 0 Å². The molecule has 0 spiro atoms. The third-order valence-electron chi connectivity index (χ3n) is 2.69. The average molecular weight is 188 g/mol. The molecular formula is C9H24N2Si. The number of nitrogens with one attached hydrogen (secondary N) is 2. The molecule has 0 aromatic carbocycles. The lowest BCUT2D eigenvalue weighted by Crippen LogP contribution is -2.61. The summed E-state index contributed by atoms with van der Waals surface area (Å²) in [5.74, 6) is 0.726. The molecule has 12 heavy (non-hydrogen) atoms. The van der Waals surface area contributed by atoms with Gasteiger partial charge in [-0.3, -0.25) is 0 Å². The second-order valence-electron chi connectivity index (χ2n) is 3.57. The molecule has 0 saturated carbocycles. The highest BCUT2D eigenvalue weighted by molar-refractivity contribution is 6.15. The van der Waals surface area contributed by atoms with Crippen molar-refractivity contribution in [2.24, 2.45) is 5.92 Å². The fourth-order valence-electron chi connectivity index (χ4n) is 1.55. The molecule has 0 aromatic heterocycles. The van der Waals surface area contributed by atoms with E-state index in [1.165, 1.54) is 6.42 Å². The maximum absolute atomic E-state index is 3.56. The summed E-state index contributed by atoms with van der Waals surface area (Å²) in [5, 5.41) is 7.37. The van der Waals surface area contributed by atoms with Crippen molar-refractivity contribution < 1.29 is 0 Å². The van der Waals surface area contributed by atoms with Crippen molar-refractivity contribution in [2.45, 2.75) is 39.4 Å². The van der Waals surface area contributed by atoms with E-state index in [0.29, 0.717) is 0 Å². The van der Waals surface area contributed by atoms with Crippen LogP contribution in [0.3, 0.4) is 0 Å². The Balaban J connectivity index is 4.15. The quantitative estimate of drug-likeness (QED) is 0.462. The van der Waals surface area contributed by atoms with Gasteiger partial charge in [-0.25, -0.2) is 0 Å². The standard InChI is InChI=1S/C9H24N2Si/c1-5-8(4)9(12,10-6-2)11-7-3/h8,10-11H,5-7H2,1-4,12H3. The first-order chi connectivity index (χ1) is 5.60. The molecule has 1 unspecified atom stereocenters. The van der Waals surface area contributed by atoms with Crippen LogP contribution in [0.15, 0.2) is 0 Å². The van der Waals surface area contributed by atoms with E-state index in [1.54, 1.807) is 0 Å². The van der Waals surface area contributed by atoms with Gasteiger partial charge in [-0.15, -0.1) is 0 Å². The average Bonchev–Trinajstić information content (AvgIpc) is 2.04. The predicted molar refractivity (Wildman–Crippen MR) is 59.5 cm³/mol. The predicted octanol–water partition coefficient (Wildman–Crippen LogP) is 0.271. The van der Waals surface area contributed by atoms with Gasteiger partial charge in [0, 0.05) is 15.5 Å². The van der Waals surface area contributed by atoms with Gasteiger partial charge in [0.05, 0.1) is 0 Å². The molecule has 0 heterocycles. The zero-order valence-corrected chi connectivity index (χ0v) is 11.2. The first-order valence-electron chi connectivity index (χ1n) is 5.10. The van der Waals surface area contributed by atoms with E-state index in [2.05, 4.69) is 38.3 Å². The van der Waals surface area contributed by atoms with Gasteiger partial charge in [-0.05, 0) is 19.0 Å². The van der Waals surface area contributed by atoms with Gasteiger partial charge in [0.2, 0.25) is 0 Å². The van der Waals surface area contributed by atoms with Crippen LogP contribution in [0.4, 0.5) is 0 Å². The molecule has 2 nitrogen and oxygen atoms in total. The fourth-order valence-corrected chi connectivity index (χ4v) is 2.67. The van der Waals surface area contributed by atoms with Crippen LogP contribution in [0, 0.1) is 5.92 Å². The van der Waals surface area contributed by atoms with E-state index in [9.17, 15) is 0 Å². The second-order valence-corrected chi connectivity index (χ2v) is 5.15. The minimum absolute atomic E-state index is 0.248. The Morgan fingerprint density at radius 1 is 1.17 bits per heavy atom. The van der Waals surface area contributed by atoms with Gasteiger partial charge in [0.15, 0.2) is 0 Å². The largest absolute Gasteiger partial charge is 0.303 e. The Bertz CT molecular complexity index is 111. The second kappa shape index (κ2) is 5.73. The molecule has 2 N–H and O–H groups in total. The molecule has 1 atom stereocenters. The van der Waals surface area contributed by atoms with Crippen LogP contribution < -0.4 is 10.6 Å². The van der Waals surface area contributed by atoms with Crippen LogP contribution in [-0.4, -0.2) is 28.6 Å². The summed E-state index contributed by atoms with van der Waals surface area (Å²) in [5.41, 5.74) is 0. The van der Waals surface area contributed by atoms with Crippen molar-refractivity contribution in [3.63, 3.8) is 0 Å². The normalized spacial score (nSPS) is 15.0. The Morgan fingerprint density at radius 3 is 1.83 bits per heavy atom. The van der Waals surface area contributed by atoms with E-state index in [0.717, 1.165) is 29.2 Å². The molecule has 0 saturated heterocycles. The number of hydrogen-bond acceptors (Lipinski definition) is 2. The summed E-state index contributed by atoms with van der Waals surface area (Å²) in [7, 11) is 1.16. The molecule has 0 aliphatic heterocycles. The summed E-state index contributed by atoms with van der Waals surface area (Å²) in [6, 6.07) is 0. The Kier molecular flexibility index (Phi) is 5.79. The van der Waals surface area contributed by atoms with Crippen molar-refractivity contribution in [3.05, 3.63) is 0 Å². The monoisotopic (exact) mass is 188 g/mol. The summed E-state index contributed by atoms with van der Waals surface area (Å²) in [6.07, 6.45) is 1.24. The minimum Gasteiger partial charge on any atom is -0.303 e. The van der Waals surface area contributed by atoms with Gasteiger partial charge in [0.25, 0.3) is 0 Å². The zero-order valence-electron chi connectivity index (χ0n) is 9.20. The highest BCUT2D eigenvalue weighted by Gasteiger charge is 2.26. The van der Waals surface area contributed by atoms with Crippen molar-refractivity contribution in [2.75, 3.05) is 13.1 Å². The van der Waals surface area contributed by atoms with Crippen molar-refractivity contribution in [3.8, 4) is 0 Å². The molecule has 0 aliphatic rings. The molecule has 3 heteroatoms. The van der Waals surface area contributed by atoms with Gasteiger partial charge in [0.1, 0.15) is 0 Å². The van der Waals surface area contributed by atoms with Crippen molar-refractivity contribution in [1.29, 1.82) is 0 Å². The van der Waals surface area contributed by atoms with Crippen molar-refractivity contribution >= 4 is 10.2 Å². The molecule has 0 amide bonds. The fraction of sp³-hybridized carbons (Fsp3) is 1.00. The van der Waals surface area contributed by atoms with Gasteiger partial charge >= 0.3 is 0 Å². The maximum Gasteiger partial charge on any atom is 0.0497 e. The van der Waals surface area contributed by atoms with E-state index >= 15 is 0 Å². The number of rotatable bonds is 6. The molecule has 0 rings (SSSR count). The molecule has 0 aliphatic carbocycles. The van der Waals surface area contributed by atoms with Crippen LogP contribution in [0.25, 0.3) is 0 Å². The van der Waals surface area contributed by atoms with Gasteiger partial charge < -0.3 is 10.6 Å². The van der Waals surface area contributed by atoms with E-state index in [1.807, 2.05) is 0 Å². The van der Waals surface area contributed by atoms with Gasteiger partial charge in [-0.1, -0.05) is 34.1 Å². The summed E-state index contributed by atoms with van der Waals surface area (Å²) in [6.45, 7) is 11.0. The third kappa shape index (κ3) is 3.25. The maximum atomic E-state index is 3.56. The van der Waals surface area contributed by atoms with E-state index in [-0.39, 0.29) is 5.29 Å². The van der Waals surface area contributed by atoms with Crippen LogP contribution >= 0.6 is 0 Å². The molecule has 0 bridgehead atoms. The topological polar surface area (TPSA) is 24.1 Å². The Hall–Kier alpha value is 0.137. The third-order valence-corrected chi connectivity index (χ3v) is 4.38. The highest BCUT2D eigenvalue weighted by Crippen LogP contribution is 2.13. The highest BCUT2D eigenvalue weighted by atomic mass is 28.1. The molecule has 0 aromatic rings. The Labute approximate surface area is 79.9 Å². The lowest BCUT2D eigenvalue weighted by atomic mass is 10.0. The summed E-state index contributed by atoms with van der Waals surface area (Å²) >= 11 is 0. The SMILES string of the molecule is CCNC([SiH3])(NCC)C(C)CC. The minimum atomic E-state index is 0.248. The summed E-state index contributed by atoms with van der Waals surface area (Å²) in [4.78, 5) is 0. The molecule has 0 radical (unpaired) electrons. The van der Waals surface area contributed by atoms with E-state index in [4.69, 9.17) is 0 Å².